The van der Waals surface area contributed by atoms with Gasteiger partial charge in [-0.1, -0.05) is 55.8 Å². The molecule has 1 aliphatic heterocycles. The van der Waals surface area contributed by atoms with Gasteiger partial charge in [0, 0.05) is 12.2 Å². The first-order chi connectivity index (χ1) is 13.8. The summed E-state index contributed by atoms with van der Waals surface area (Å²) in [5, 5.41) is 3.61. The number of anilines is 2. The molecule has 154 valence electrons. The summed E-state index contributed by atoms with van der Waals surface area (Å²) in [7, 11) is 1.82. The normalized spacial score (nSPS) is 16.7. The molecule has 1 atom stereocenters. The van der Waals surface area contributed by atoms with Crippen molar-refractivity contribution in [3.8, 4) is 0 Å². The van der Waals surface area contributed by atoms with E-state index in [9.17, 15) is 9.59 Å². The number of nitrogens with zero attached hydrogens (tertiary/aromatic N) is 2. The molecule has 1 unspecified atom stereocenters. The molecule has 6 heteroatoms. The predicted molar refractivity (Wildman–Crippen MR) is 119 cm³/mol. The fourth-order valence-corrected chi connectivity index (χ4v) is 4.08. The van der Waals surface area contributed by atoms with Gasteiger partial charge in [-0.05, 0) is 49.6 Å². The third-order valence-corrected chi connectivity index (χ3v) is 5.76. The maximum absolute atomic E-state index is 12.9. The molecule has 1 aliphatic rings. The van der Waals surface area contributed by atoms with Gasteiger partial charge >= 0.3 is 0 Å². The first kappa shape index (κ1) is 21.3. The van der Waals surface area contributed by atoms with Gasteiger partial charge in [-0.2, -0.15) is 0 Å². The van der Waals surface area contributed by atoms with Crippen LogP contribution in [0.3, 0.4) is 0 Å². The number of rotatable bonds is 6. The van der Waals surface area contributed by atoms with Crippen LogP contribution in [-0.4, -0.2) is 42.9 Å². The Kier molecular flexibility index (Phi) is 6.60. The second kappa shape index (κ2) is 8.97. The van der Waals surface area contributed by atoms with Crippen molar-refractivity contribution in [2.75, 3.05) is 30.4 Å². The molecular weight excluding hydrogens is 386 g/mol. The molecule has 2 aromatic rings. The van der Waals surface area contributed by atoms with E-state index in [2.05, 4.69) is 19.2 Å². The van der Waals surface area contributed by atoms with Crippen molar-refractivity contribution in [1.82, 2.24) is 4.90 Å². The number of carbonyl (C=O) groups excluding carboxylic acids is 2. The Morgan fingerprint density at radius 3 is 2.66 bits per heavy atom. The highest BCUT2D eigenvalue weighted by atomic mass is 35.5. The Bertz CT molecular complexity index is 913. The highest BCUT2D eigenvalue weighted by molar-refractivity contribution is 6.34. The van der Waals surface area contributed by atoms with E-state index in [0.717, 1.165) is 22.5 Å². The van der Waals surface area contributed by atoms with Crippen LogP contribution in [0.15, 0.2) is 42.5 Å². The van der Waals surface area contributed by atoms with E-state index in [-0.39, 0.29) is 24.4 Å². The number of amides is 2. The van der Waals surface area contributed by atoms with Crippen molar-refractivity contribution < 1.29 is 9.59 Å². The van der Waals surface area contributed by atoms with E-state index >= 15 is 0 Å². The Balaban J connectivity index is 1.67. The van der Waals surface area contributed by atoms with Gasteiger partial charge < -0.3 is 10.2 Å². The van der Waals surface area contributed by atoms with Crippen LogP contribution in [0.1, 0.15) is 37.3 Å². The van der Waals surface area contributed by atoms with Crippen LogP contribution in [0.5, 0.6) is 0 Å². The van der Waals surface area contributed by atoms with Gasteiger partial charge in [0.15, 0.2) is 0 Å². The molecule has 29 heavy (non-hydrogen) atoms. The molecule has 5 nitrogen and oxygen atoms in total. The zero-order valence-electron chi connectivity index (χ0n) is 17.4. The molecule has 3 rings (SSSR count). The highest BCUT2D eigenvalue weighted by Crippen LogP contribution is 2.30. The number of likely N-dealkylation sites (N-methyl/N-ethyl adjacent to an activating group) is 1. The third kappa shape index (κ3) is 4.62. The van der Waals surface area contributed by atoms with Crippen LogP contribution in [0.4, 0.5) is 11.4 Å². The van der Waals surface area contributed by atoms with E-state index in [1.54, 1.807) is 11.0 Å². The summed E-state index contributed by atoms with van der Waals surface area (Å²) in [6.07, 6.45) is 0.662. The third-order valence-electron chi connectivity index (χ3n) is 5.44. The van der Waals surface area contributed by atoms with Crippen molar-refractivity contribution in [2.24, 2.45) is 0 Å². The van der Waals surface area contributed by atoms with E-state index < -0.39 is 0 Å². The first-order valence-electron chi connectivity index (χ1n) is 9.95. The molecule has 1 N–H and O–H groups in total. The lowest BCUT2D eigenvalue weighted by molar-refractivity contribution is -0.123. The number of hydrogen-bond donors (Lipinski definition) is 1. The molecule has 1 saturated heterocycles. The fraction of sp³-hybridized carbons (Fsp3) is 0.391. The summed E-state index contributed by atoms with van der Waals surface area (Å²) in [6.45, 7) is 6.95. The Morgan fingerprint density at radius 2 is 1.97 bits per heavy atom. The van der Waals surface area contributed by atoms with Crippen LogP contribution in [0.2, 0.25) is 5.02 Å². The highest BCUT2D eigenvalue weighted by Gasteiger charge is 2.36. The minimum absolute atomic E-state index is 0.0211. The summed E-state index contributed by atoms with van der Waals surface area (Å²) >= 11 is 6.25. The standard InChI is InChI=1S/C23H28ClN3O2/c1-15(2)17-9-7-8-16(3)22(17)25-21(28)14-26(4)20-12-13-27(23(20)29)19-11-6-5-10-18(19)24/h5-11,15,20H,12-14H2,1-4H3,(H,25,28). The summed E-state index contributed by atoms with van der Waals surface area (Å²) < 4.78 is 0. The van der Waals surface area contributed by atoms with Crippen molar-refractivity contribution in [1.29, 1.82) is 0 Å². The molecule has 2 aromatic carbocycles. The molecular formula is C23H28ClN3O2. The summed E-state index contributed by atoms with van der Waals surface area (Å²) in [4.78, 5) is 29.2. The van der Waals surface area contributed by atoms with Gasteiger partial charge in [-0.25, -0.2) is 0 Å². The van der Waals surface area contributed by atoms with E-state index in [1.807, 2.05) is 55.3 Å². The second-order valence-corrected chi connectivity index (χ2v) is 8.31. The molecule has 1 fully saturated rings. The molecule has 1 heterocycles. The predicted octanol–water partition coefficient (Wildman–Crippen LogP) is 4.45. The van der Waals surface area contributed by atoms with Crippen molar-refractivity contribution in [3.05, 3.63) is 58.6 Å². The Morgan fingerprint density at radius 1 is 1.24 bits per heavy atom. The van der Waals surface area contributed by atoms with Gasteiger partial charge in [0.2, 0.25) is 11.8 Å². The van der Waals surface area contributed by atoms with Crippen LogP contribution >= 0.6 is 11.6 Å². The van der Waals surface area contributed by atoms with Gasteiger partial charge in [0.05, 0.1) is 23.3 Å². The maximum Gasteiger partial charge on any atom is 0.244 e. The Hall–Kier alpha value is -2.37. The zero-order chi connectivity index (χ0) is 21.1. The topological polar surface area (TPSA) is 52.7 Å². The van der Waals surface area contributed by atoms with Gasteiger partial charge in [0.25, 0.3) is 0 Å². The Labute approximate surface area is 177 Å². The average molecular weight is 414 g/mol. The molecule has 0 bridgehead atoms. The number of carbonyl (C=O) groups is 2. The average Bonchev–Trinajstić information content (AvgIpc) is 3.05. The minimum Gasteiger partial charge on any atom is -0.324 e. The number of benzene rings is 2. The number of halogens is 1. The van der Waals surface area contributed by atoms with Crippen LogP contribution in [-0.2, 0) is 9.59 Å². The summed E-state index contributed by atoms with van der Waals surface area (Å²) in [5.74, 6) is 0.170. The number of aryl methyl sites for hydroxylation is 1. The fourth-order valence-electron chi connectivity index (χ4n) is 3.84. The number of para-hydroxylation sites is 2. The van der Waals surface area contributed by atoms with E-state index in [4.69, 9.17) is 11.6 Å². The molecule has 0 aromatic heterocycles. The second-order valence-electron chi connectivity index (χ2n) is 7.90. The van der Waals surface area contributed by atoms with Crippen LogP contribution < -0.4 is 10.2 Å². The SMILES string of the molecule is Cc1cccc(C(C)C)c1NC(=O)CN(C)C1CCN(c2ccccc2Cl)C1=O. The van der Waals surface area contributed by atoms with Crippen LogP contribution in [0, 0.1) is 6.92 Å². The van der Waals surface area contributed by atoms with Crippen molar-refractivity contribution in [3.63, 3.8) is 0 Å². The lowest BCUT2D eigenvalue weighted by Gasteiger charge is -2.24. The maximum atomic E-state index is 12.9. The first-order valence-corrected chi connectivity index (χ1v) is 10.3. The monoisotopic (exact) mass is 413 g/mol. The van der Waals surface area contributed by atoms with Gasteiger partial charge in [-0.15, -0.1) is 0 Å². The smallest absolute Gasteiger partial charge is 0.244 e. The molecule has 0 radical (unpaired) electrons. The lowest BCUT2D eigenvalue weighted by Crippen LogP contribution is -2.43. The van der Waals surface area contributed by atoms with Gasteiger partial charge in [-0.3, -0.25) is 14.5 Å². The minimum atomic E-state index is -0.335. The van der Waals surface area contributed by atoms with Crippen molar-refractivity contribution in [2.45, 2.75) is 39.2 Å². The van der Waals surface area contributed by atoms with Crippen molar-refractivity contribution >= 4 is 34.8 Å². The summed E-state index contributed by atoms with van der Waals surface area (Å²) in [5.41, 5.74) is 3.74. The van der Waals surface area contributed by atoms with Crippen LogP contribution in [0.25, 0.3) is 0 Å². The largest absolute Gasteiger partial charge is 0.324 e. The zero-order valence-corrected chi connectivity index (χ0v) is 18.2. The number of hydrogen-bond acceptors (Lipinski definition) is 3. The summed E-state index contributed by atoms with van der Waals surface area (Å²) in [6, 6.07) is 13.0. The molecule has 0 spiro atoms. The molecule has 0 saturated carbocycles. The number of nitrogens with one attached hydrogen (secondary N) is 1. The lowest BCUT2D eigenvalue weighted by atomic mass is 9.98. The van der Waals surface area contributed by atoms with E-state index in [0.29, 0.717) is 23.9 Å². The quantitative estimate of drug-likeness (QED) is 0.761. The molecule has 2 amide bonds. The molecule has 0 aliphatic carbocycles. The van der Waals surface area contributed by atoms with Gasteiger partial charge in [0.1, 0.15) is 0 Å². The van der Waals surface area contributed by atoms with E-state index in [1.165, 1.54) is 0 Å².